The molecule has 0 saturated carbocycles. The molecule has 164 valence electrons. The average molecular weight is 460 g/mol. The Kier molecular flexibility index (Phi) is 6.89. The summed E-state index contributed by atoms with van der Waals surface area (Å²) in [7, 11) is 0. The van der Waals surface area contributed by atoms with Crippen LogP contribution in [-0.2, 0) is 6.54 Å². The van der Waals surface area contributed by atoms with Crippen LogP contribution < -0.4 is 14.8 Å². The Balaban J connectivity index is 1.23. The number of fused-ring (bicyclic) bond motifs is 1. The molecule has 1 fully saturated rings. The zero-order valence-corrected chi connectivity index (χ0v) is 18.9. The number of hydrogen-bond donors (Lipinski definition) is 3. The van der Waals surface area contributed by atoms with Crippen LogP contribution in [0, 0.1) is 10.8 Å². The summed E-state index contributed by atoms with van der Waals surface area (Å²) in [5.41, 5.74) is 2.25. The van der Waals surface area contributed by atoms with Gasteiger partial charge in [0.05, 0.1) is 0 Å². The van der Waals surface area contributed by atoms with E-state index in [1.54, 1.807) is 0 Å². The molecule has 7 nitrogen and oxygen atoms in total. The molecular formula is C22H26ClN5O2S. The molecule has 0 aromatic heterocycles. The van der Waals surface area contributed by atoms with Crippen LogP contribution in [0.1, 0.15) is 24.1 Å². The number of amidine groups is 2. The lowest BCUT2D eigenvalue weighted by Gasteiger charge is -2.39. The Labute approximate surface area is 191 Å². The highest BCUT2D eigenvalue weighted by molar-refractivity contribution is 8.26. The van der Waals surface area contributed by atoms with Crippen LogP contribution in [0.25, 0.3) is 0 Å². The largest absolute Gasteiger partial charge is 0.454 e. The molecule has 1 saturated heterocycles. The normalized spacial score (nSPS) is 16.8. The van der Waals surface area contributed by atoms with Crippen LogP contribution in [0.2, 0.25) is 5.02 Å². The molecule has 2 aliphatic heterocycles. The number of nitrogens with zero attached hydrogens (tertiary/aromatic N) is 2. The Morgan fingerprint density at radius 2 is 1.77 bits per heavy atom. The van der Waals surface area contributed by atoms with Gasteiger partial charge >= 0.3 is 0 Å². The zero-order chi connectivity index (χ0) is 21.8. The minimum absolute atomic E-state index is 0.262. The number of hydrogen-bond acceptors (Lipinski definition) is 6. The molecule has 31 heavy (non-hydrogen) atoms. The predicted octanol–water partition coefficient (Wildman–Crippen LogP) is 4.14. The second-order valence-corrected chi connectivity index (χ2v) is 8.96. The quantitative estimate of drug-likeness (QED) is 0.470. The number of piperazine rings is 1. The van der Waals surface area contributed by atoms with Crippen molar-refractivity contribution in [2.24, 2.45) is 0 Å². The van der Waals surface area contributed by atoms with Gasteiger partial charge in [-0.1, -0.05) is 29.8 Å². The predicted molar refractivity (Wildman–Crippen MR) is 125 cm³/mol. The molecule has 2 aromatic rings. The maximum atomic E-state index is 8.39. The molecule has 0 bridgehead atoms. The van der Waals surface area contributed by atoms with Gasteiger partial charge in [0.2, 0.25) is 6.79 Å². The third kappa shape index (κ3) is 5.44. The summed E-state index contributed by atoms with van der Waals surface area (Å²) in [6.07, 6.45) is 0. The minimum atomic E-state index is 0.262. The monoisotopic (exact) mass is 459 g/mol. The Hall–Kier alpha value is -2.42. The Morgan fingerprint density at radius 1 is 1.06 bits per heavy atom. The number of benzene rings is 2. The van der Waals surface area contributed by atoms with E-state index >= 15 is 0 Å². The van der Waals surface area contributed by atoms with Crippen molar-refractivity contribution in [2.45, 2.75) is 19.5 Å². The van der Waals surface area contributed by atoms with Crippen molar-refractivity contribution in [3.05, 3.63) is 58.6 Å². The molecular weight excluding hydrogens is 434 g/mol. The number of thioether (sulfide) groups is 1. The Morgan fingerprint density at radius 3 is 2.52 bits per heavy atom. The summed E-state index contributed by atoms with van der Waals surface area (Å²) in [4.78, 5) is 4.45. The van der Waals surface area contributed by atoms with Crippen molar-refractivity contribution in [3.63, 3.8) is 0 Å². The third-order valence-corrected chi connectivity index (χ3v) is 6.65. The average Bonchev–Trinajstić information content (AvgIpc) is 3.26. The zero-order valence-electron chi connectivity index (χ0n) is 17.4. The molecule has 1 unspecified atom stereocenters. The van der Waals surface area contributed by atoms with Gasteiger partial charge in [0.15, 0.2) is 21.8 Å². The second-order valence-electron chi connectivity index (χ2n) is 7.53. The smallest absolute Gasteiger partial charge is 0.231 e. The summed E-state index contributed by atoms with van der Waals surface area (Å²) in [5.74, 6) is 1.61. The number of nitrogens with one attached hydrogen (secondary N) is 3. The lowest BCUT2D eigenvalue weighted by Crippen LogP contribution is -2.48. The maximum absolute atomic E-state index is 8.39. The van der Waals surface area contributed by atoms with Crippen molar-refractivity contribution in [1.82, 2.24) is 15.1 Å². The van der Waals surface area contributed by atoms with Gasteiger partial charge in [-0.05, 0) is 54.1 Å². The molecule has 0 amide bonds. The van der Waals surface area contributed by atoms with Gasteiger partial charge in [-0.25, -0.2) is 0 Å². The van der Waals surface area contributed by atoms with Crippen molar-refractivity contribution >= 4 is 33.7 Å². The summed E-state index contributed by atoms with van der Waals surface area (Å²) in [6.45, 7) is 6.29. The number of rotatable bonds is 4. The standard InChI is InChI=1S/C22H26ClN5O2S/c1-15(17-4-7-19-20(12-17)30-14-29-19)27-8-10-28(11-9-27)22(25)31-21(24)26-13-16-2-5-18(23)6-3-16/h2-7,12,15,25H,8-11,13-14H2,1H3,(H2,24,26). The second kappa shape index (κ2) is 9.80. The summed E-state index contributed by atoms with van der Waals surface area (Å²) < 4.78 is 10.9. The van der Waals surface area contributed by atoms with E-state index in [1.165, 1.54) is 5.56 Å². The molecule has 9 heteroatoms. The van der Waals surface area contributed by atoms with E-state index in [-0.39, 0.29) is 18.0 Å². The van der Waals surface area contributed by atoms with Crippen LogP contribution in [0.5, 0.6) is 11.5 Å². The van der Waals surface area contributed by atoms with E-state index in [0.717, 1.165) is 55.0 Å². The van der Waals surface area contributed by atoms with Gasteiger partial charge in [-0.15, -0.1) is 0 Å². The van der Waals surface area contributed by atoms with Crippen LogP contribution in [0.15, 0.2) is 42.5 Å². The number of ether oxygens (including phenoxy) is 2. The van der Waals surface area contributed by atoms with Gasteiger partial charge in [0.25, 0.3) is 0 Å². The van der Waals surface area contributed by atoms with Crippen molar-refractivity contribution in [2.75, 3.05) is 33.0 Å². The van der Waals surface area contributed by atoms with Crippen molar-refractivity contribution < 1.29 is 9.47 Å². The van der Waals surface area contributed by atoms with Crippen molar-refractivity contribution in [3.8, 4) is 11.5 Å². The minimum Gasteiger partial charge on any atom is -0.454 e. The van der Waals surface area contributed by atoms with Gasteiger partial charge in [-0.2, -0.15) is 0 Å². The molecule has 2 aliphatic rings. The molecule has 4 rings (SSSR count). The first-order chi connectivity index (χ1) is 15.0. The fourth-order valence-electron chi connectivity index (χ4n) is 3.68. The fraction of sp³-hybridized carbons (Fsp3) is 0.364. The first-order valence-corrected chi connectivity index (χ1v) is 11.4. The summed E-state index contributed by atoms with van der Waals surface area (Å²) in [6, 6.07) is 13.9. The van der Waals surface area contributed by atoms with E-state index in [2.05, 4.69) is 29.3 Å². The first-order valence-electron chi connectivity index (χ1n) is 10.2. The summed E-state index contributed by atoms with van der Waals surface area (Å²) in [5, 5.41) is 21.0. The fourth-order valence-corrected chi connectivity index (χ4v) is 4.45. The molecule has 1 atom stereocenters. The van der Waals surface area contributed by atoms with Gasteiger partial charge < -0.3 is 19.7 Å². The van der Waals surface area contributed by atoms with E-state index in [4.69, 9.17) is 31.9 Å². The molecule has 2 heterocycles. The van der Waals surface area contributed by atoms with E-state index in [0.29, 0.717) is 16.7 Å². The SMILES string of the molecule is CC(c1ccc2c(c1)OCO2)N1CCN(C(=N)SC(=N)NCc2ccc(Cl)cc2)CC1. The van der Waals surface area contributed by atoms with Gasteiger partial charge in [-0.3, -0.25) is 15.7 Å². The van der Waals surface area contributed by atoms with Crippen molar-refractivity contribution in [1.29, 1.82) is 10.8 Å². The summed E-state index contributed by atoms with van der Waals surface area (Å²) >= 11 is 7.06. The van der Waals surface area contributed by atoms with Gasteiger partial charge in [0, 0.05) is 43.8 Å². The number of halogens is 1. The van der Waals surface area contributed by atoms with Crippen LogP contribution in [0.4, 0.5) is 0 Å². The van der Waals surface area contributed by atoms with E-state index < -0.39 is 0 Å². The van der Waals surface area contributed by atoms with Crippen LogP contribution >= 0.6 is 23.4 Å². The highest BCUT2D eigenvalue weighted by Gasteiger charge is 2.25. The highest BCUT2D eigenvalue weighted by Crippen LogP contribution is 2.35. The molecule has 0 radical (unpaired) electrons. The first kappa shape index (κ1) is 21.8. The maximum Gasteiger partial charge on any atom is 0.231 e. The topological polar surface area (TPSA) is 84.7 Å². The lowest BCUT2D eigenvalue weighted by atomic mass is 10.1. The molecule has 0 spiro atoms. The van der Waals surface area contributed by atoms with Crippen LogP contribution in [-0.4, -0.2) is 53.1 Å². The highest BCUT2D eigenvalue weighted by atomic mass is 35.5. The van der Waals surface area contributed by atoms with E-state index in [9.17, 15) is 0 Å². The molecule has 0 aliphatic carbocycles. The molecule has 3 N–H and O–H groups in total. The van der Waals surface area contributed by atoms with E-state index in [1.807, 2.05) is 35.2 Å². The molecule has 2 aromatic carbocycles. The Bertz CT molecular complexity index is 947. The van der Waals surface area contributed by atoms with Crippen LogP contribution in [0.3, 0.4) is 0 Å². The van der Waals surface area contributed by atoms with Gasteiger partial charge in [0.1, 0.15) is 0 Å². The lowest BCUT2D eigenvalue weighted by molar-refractivity contribution is 0.141. The third-order valence-electron chi connectivity index (χ3n) is 5.59.